The Bertz CT molecular complexity index is 244. The van der Waals surface area contributed by atoms with Gasteiger partial charge >= 0.3 is 5.97 Å². The van der Waals surface area contributed by atoms with Crippen molar-refractivity contribution in [3.8, 4) is 0 Å². The van der Waals surface area contributed by atoms with Gasteiger partial charge in [-0.3, -0.25) is 4.79 Å². The average molecular weight is 242 g/mol. The summed E-state index contributed by atoms with van der Waals surface area (Å²) in [6.45, 7) is 2.34. The van der Waals surface area contributed by atoms with Crippen molar-refractivity contribution >= 4 is 5.97 Å². The zero-order chi connectivity index (χ0) is 12.8. The quantitative estimate of drug-likeness (QED) is 0.679. The topological polar surface area (TPSA) is 32.8 Å². The molecule has 0 aromatic heterocycles. The van der Waals surface area contributed by atoms with Crippen molar-refractivity contribution in [2.24, 2.45) is 5.92 Å². The van der Waals surface area contributed by atoms with Crippen molar-refractivity contribution in [1.29, 1.82) is 0 Å². The highest BCUT2D eigenvalue weighted by molar-refractivity contribution is 5.69. The molecular formula is C13H26N2O2. The first-order chi connectivity index (χ1) is 8.04. The molecule has 2 atom stereocenters. The highest BCUT2D eigenvalue weighted by Crippen LogP contribution is 2.24. The van der Waals surface area contributed by atoms with Crippen LogP contribution in [-0.4, -0.2) is 63.2 Å². The van der Waals surface area contributed by atoms with E-state index in [1.54, 1.807) is 0 Å². The number of carbonyl (C=O) groups is 1. The molecule has 0 bridgehead atoms. The first-order valence-electron chi connectivity index (χ1n) is 6.46. The fourth-order valence-corrected chi connectivity index (χ4v) is 2.80. The van der Waals surface area contributed by atoms with E-state index in [2.05, 4.69) is 30.9 Å². The lowest BCUT2D eigenvalue weighted by Gasteiger charge is -2.38. The van der Waals surface area contributed by atoms with E-state index in [0.717, 1.165) is 13.0 Å². The molecule has 1 heterocycles. The molecule has 0 aromatic rings. The van der Waals surface area contributed by atoms with Gasteiger partial charge in [0.25, 0.3) is 0 Å². The molecule has 4 heteroatoms. The minimum absolute atomic E-state index is 0.0963. The number of hydrogen-bond acceptors (Lipinski definition) is 4. The zero-order valence-electron chi connectivity index (χ0n) is 11.6. The van der Waals surface area contributed by atoms with Crippen LogP contribution < -0.4 is 0 Å². The number of rotatable bonds is 5. The van der Waals surface area contributed by atoms with E-state index in [9.17, 15) is 4.79 Å². The standard InChI is InChI=1S/C13H26N2O2/c1-14(2)12(7-8-13(16)17-4)11-6-5-9-15(3)10-11/h11-12H,5-10H2,1-4H3. The molecule has 1 saturated heterocycles. The van der Waals surface area contributed by atoms with Crippen LogP contribution in [0.15, 0.2) is 0 Å². The largest absolute Gasteiger partial charge is 0.469 e. The summed E-state index contributed by atoms with van der Waals surface area (Å²) in [5.74, 6) is 0.578. The number of carbonyl (C=O) groups excluding carboxylic acids is 1. The van der Waals surface area contributed by atoms with Gasteiger partial charge in [-0.1, -0.05) is 0 Å². The molecule has 0 aromatic carbocycles. The van der Waals surface area contributed by atoms with Crippen LogP contribution in [0.4, 0.5) is 0 Å². The summed E-state index contributed by atoms with van der Waals surface area (Å²) in [6, 6.07) is 0.483. The predicted octanol–water partition coefficient (Wildman–Crippen LogP) is 1.21. The van der Waals surface area contributed by atoms with Gasteiger partial charge in [-0.05, 0) is 52.9 Å². The Morgan fingerprint density at radius 2 is 2.24 bits per heavy atom. The molecule has 0 N–H and O–H groups in total. The number of esters is 1. The fraction of sp³-hybridized carbons (Fsp3) is 0.923. The van der Waals surface area contributed by atoms with Crippen LogP contribution in [0.3, 0.4) is 0 Å². The van der Waals surface area contributed by atoms with Crippen molar-refractivity contribution in [3.05, 3.63) is 0 Å². The Morgan fingerprint density at radius 1 is 1.53 bits per heavy atom. The number of likely N-dealkylation sites (tertiary alicyclic amines) is 1. The summed E-state index contributed by atoms with van der Waals surface area (Å²) in [5, 5.41) is 0. The van der Waals surface area contributed by atoms with Crippen molar-refractivity contribution in [2.45, 2.75) is 31.7 Å². The first-order valence-corrected chi connectivity index (χ1v) is 6.46. The van der Waals surface area contributed by atoms with Gasteiger partial charge in [0.05, 0.1) is 7.11 Å². The summed E-state index contributed by atoms with van der Waals surface area (Å²) in [5.41, 5.74) is 0. The normalized spacial score (nSPS) is 23.7. The molecule has 0 amide bonds. The molecule has 1 aliphatic heterocycles. The zero-order valence-corrected chi connectivity index (χ0v) is 11.6. The third-order valence-electron chi connectivity index (χ3n) is 3.74. The number of methoxy groups -OCH3 is 1. The van der Waals surface area contributed by atoms with Gasteiger partial charge < -0.3 is 14.5 Å². The van der Waals surface area contributed by atoms with Gasteiger partial charge in [0, 0.05) is 19.0 Å². The van der Waals surface area contributed by atoms with Gasteiger partial charge in [0.2, 0.25) is 0 Å². The second kappa shape index (κ2) is 6.97. The minimum atomic E-state index is -0.0963. The number of nitrogens with zero attached hydrogens (tertiary/aromatic N) is 2. The van der Waals surface area contributed by atoms with E-state index in [1.165, 1.54) is 26.5 Å². The third kappa shape index (κ3) is 4.64. The Balaban J connectivity index is 2.49. The Labute approximate surface area is 105 Å². The van der Waals surface area contributed by atoms with Crippen LogP contribution in [0, 0.1) is 5.92 Å². The van der Waals surface area contributed by atoms with E-state index in [1.807, 2.05) is 0 Å². The van der Waals surface area contributed by atoms with Crippen LogP contribution >= 0.6 is 0 Å². The maximum absolute atomic E-state index is 11.2. The lowest BCUT2D eigenvalue weighted by Crippen LogP contribution is -2.44. The first kappa shape index (κ1) is 14.5. The molecule has 4 nitrogen and oxygen atoms in total. The van der Waals surface area contributed by atoms with Crippen molar-refractivity contribution in [3.63, 3.8) is 0 Å². The average Bonchev–Trinajstić information content (AvgIpc) is 2.28. The molecule has 1 fully saturated rings. The lowest BCUT2D eigenvalue weighted by molar-refractivity contribution is -0.141. The number of hydrogen-bond donors (Lipinski definition) is 0. The Morgan fingerprint density at radius 3 is 2.76 bits per heavy atom. The molecule has 2 unspecified atom stereocenters. The van der Waals surface area contributed by atoms with Gasteiger partial charge in [-0.2, -0.15) is 0 Å². The molecular weight excluding hydrogens is 216 g/mol. The van der Waals surface area contributed by atoms with Crippen molar-refractivity contribution in [1.82, 2.24) is 9.80 Å². The van der Waals surface area contributed by atoms with Crippen LogP contribution in [0.25, 0.3) is 0 Å². The van der Waals surface area contributed by atoms with Crippen LogP contribution in [0.2, 0.25) is 0 Å². The molecule has 1 aliphatic rings. The highest BCUT2D eigenvalue weighted by Gasteiger charge is 2.27. The van der Waals surface area contributed by atoms with Crippen molar-refractivity contribution in [2.75, 3.05) is 41.3 Å². The van der Waals surface area contributed by atoms with E-state index in [-0.39, 0.29) is 5.97 Å². The van der Waals surface area contributed by atoms with Gasteiger partial charge in [-0.25, -0.2) is 0 Å². The van der Waals surface area contributed by atoms with Gasteiger partial charge in [0.1, 0.15) is 0 Å². The Kier molecular flexibility index (Phi) is 5.92. The maximum Gasteiger partial charge on any atom is 0.305 e. The van der Waals surface area contributed by atoms with Crippen molar-refractivity contribution < 1.29 is 9.53 Å². The van der Waals surface area contributed by atoms with Crippen LogP contribution in [0.1, 0.15) is 25.7 Å². The summed E-state index contributed by atoms with van der Waals surface area (Å²) in [4.78, 5) is 15.9. The maximum atomic E-state index is 11.2. The summed E-state index contributed by atoms with van der Waals surface area (Å²) >= 11 is 0. The van der Waals surface area contributed by atoms with Gasteiger partial charge in [-0.15, -0.1) is 0 Å². The predicted molar refractivity (Wildman–Crippen MR) is 68.9 cm³/mol. The van der Waals surface area contributed by atoms with E-state index in [4.69, 9.17) is 4.74 Å². The highest BCUT2D eigenvalue weighted by atomic mass is 16.5. The number of piperidine rings is 1. The molecule has 0 spiro atoms. The smallest absolute Gasteiger partial charge is 0.305 e. The SMILES string of the molecule is COC(=O)CCC(C1CCCN(C)C1)N(C)C. The number of ether oxygens (including phenoxy) is 1. The van der Waals surface area contributed by atoms with Gasteiger partial charge in [0.15, 0.2) is 0 Å². The molecule has 1 rings (SSSR count). The molecule has 100 valence electrons. The monoisotopic (exact) mass is 242 g/mol. The Hall–Kier alpha value is -0.610. The third-order valence-corrected chi connectivity index (χ3v) is 3.74. The molecule has 0 saturated carbocycles. The van der Waals surface area contributed by atoms with Crippen LogP contribution in [-0.2, 0) is 9.53 Å². The second-order valence-electron chi connectivity index (χ2n) is 5.31. The lowest BCUT2D eigenvalue weighted by atomic mass is 9.87. The second-order valence-corrected chi connectivity index (χ2v) is 5.31. The summed E-state index contributed by atoms with van der Waals surface area (Å²) in [7, 11) is 7.85. The summed E-state index contributed by atoms with van der Waals surface area (Å²) < 4.78 is 4.72. The fourth-order valence-electron chi connectivity index (χ4n) is 2.80. The molecule has 0 aliphatic carbocycles. The van der Waals surface area contributed by atoms with E-state index < -0.39 is 0 Å². The van der Waals surface area contributed by atoms with E-state index in [0.29, 0.717) is 18.4 Å². The summed E-state index contributed by atoms with van der Waals surface area (Å²) in [6.07, 6.45) is 3.97. The van der Waals surface area contributed by atoms with E-state index >= 15 is 0 Å². The molecule has 17 heavy (non-hydrogen) atoms. The van der Waals surface area contributed by atoms with Crippen LogP contribution in [0.5, 0.6) is 0 Å². The molecule has 0 radical (unpaired) electrons. The minimum Gasteiger partial charge on any atom is -0.469 e.